The molecule has 4 unspecified atom stereocenters. The Morgan fingerprint density at radius 2 is 2.00 bits per heavy atom. The summed E-state index contributed by atoms with van der Waals surface area (Å²) in [5, 5.41) is -0.499. The normalized spacial score (nSPS) is 34.3. The highest BCUT2D eigenvalue weighted by molar-refractivity contribution is 7.90. The van der Waals surface area contributed by atoms with Gasteiger partial charge in [-0.1, -0.05) is 13.8 Å². The molecule has 0 bridgehead atoms. The molecule has 15 heavy (non-hydrogen) atoms. The Morgan fingerprint density at radius 1 is 1.40 bits per heavy atom. The van der Waals surface area contributed by atoms with Gasteiger partial charge in [0.1, 0.15) is 0 Å². The molecule has 1 saturated carbocycles. The van der Waals surface area contributed by atoms with Crippen molar-refractivity contribution in [2.45, 2.75) is 44.9 Å². The van der Waals surface area contributed by atoms with Crippen LogP contribution < -0.4 is 10.5 Å². The maximum atomic E-state index is 11.8. The Bertz CT molecular complexity index is 303. The van der Waals surface area contributed by atoms with E-state index in [-0.39, 0.29) is 12.6 Å². The average molecular weight is 234 g/mol. The minimum atomic E-state index is -3.23. The molecule has 4 nitrogen and oxygen atoms in total. The first-order chi connectivity index (χ1) is 6.88. The molecule has 0 aromatic carbocycles. The van der Waals surface area contributed by atoms with Crippen molar-refractivity contribution >= 4 is 10.0 Å². The number of rotatable bonds is 4. The van der Waals surface area contributed by atoms with E-state index in [0.717, 1.165) is 12.8 Å². The molecule has 0 aromatic rings. The summed E-state index contributed by atoms with van der Waals surface area (Å²) in [5.74, 6) is 1.02. The van der Waals surface area contributed by atoms with Gasteiger partial charge in [0.15, 0.2) is 0 Å². The van der Waals surface area contributed by atoms with Crippen LogP contribution in [0.15, 0.2) is 0 Å². The monoisotopic (exact) mass is 234 g/mol. The lowest BCUT2D eigenvalue weighted by Gasteiger charge is -2.21. The van der Waals surface area contributed by atoms with E-state index in [1.807, 2.05) is 0 Å². The van der Waals surface area contributed by atoms with Crippen LogP contribution in [-0.4, -0.2) is 26.3 Å². The van der Waals surface area contributed by atoms with Crippen LogP contribution >= 0.6 is 0 Å². The molecular weight excluding hydrogens is 212 g/mol. The van der Waals surface area contributed by atoms with E-state index in [1.165, 1.54) is 0 Å². The topological polar surface area (TPSA) is 72.2 Å². The summed E-state index contributed by atoms with van der Waals surface area (Å²) < 4.78 is 26.3. The molecule has 0 aliphatic heterocycles. The fraction of sp³-hybridized carbons (Fsp3) is 1.00. The average Bonchev–Trinajstić information content (AvgIpc) is 2.48. The third-order valence-electron chi connectivity index (χ3n) is 3.64. The SMILES string of the molecule is CC1CCC(NS(=O)(=O)C(C)CN)C1C. The Labute approximate surface area is 92.7 Å². The van der Waals surface area contributed by atoms with E-state index >= 15 is 0 Å². The van der Waals surface area contributed by atoms with Crippen molar-refractivity contribution in [3.05, 3.63) is 0 Å². The van der Waals surface area contributed by atoms with Crippen molar-refractivity contribution < 1.29 is 8.42 Å². The van der Waals surface area contributed by atoms with Gasteiger partial charge in [-0.25, -0.2) is 13.1 Å². The number of hydrogen-bond acceptors (Lipinski definition) is 3. The second-order valence-corrected chi connectivity index (χ2v) is 6.86. The van der Waals surface area contributed by atoms with E-state index in [9.17, 15) is 8.42 Å². The number of sulfonamides is 1. The van der Waals surface area contributed by atoms with Gasteiger partial charge in [-0.2, -0.15) is 0 Å². The van der Waals surface area contributed by atoms with Crippen molar-refractivity contribution in [1.82, 2.24) is 4.72 Å². The molecule has 1 aliphatic rings. The van der Waals surface area contributed by atoms with Gasteiger partial charge in [0, 0.05) is 12.6 Å². The summed E-state index contributed by atoms with van der Waals surface area (Å²) in [6, 6.07) is 0.0963. The van der Waals surface area contributed by atoms with E-state index in [0.29, 0.717) is 11.8 Å². The first-order valence-electron chi connectivity index (χ1n) is 5.59. The lowest BCUT2D eigenvalue weighted by Crippen LogP contribution is -2.44. The van der Waals surface area contributed by atoms with Crippen LogP contribution in [0.2, 0.25) is 0 Å². The second-order valence-electron chi connectivity index (χ2n) is 4.73. The molecular formula is C10H22N2O2S. The van der Waals surface area contributed by atoms with Crippen molar-refractivity contribution in [3.63, 3.8) is 0 Å². The summed E-state index contributed by atoms with van der Waals surface area (Å²) >= 11 is 0. The fourth-order valence-corrected chi connectivity index (χ4v) is 3.23. The molecule has 5 heteroatoms. The molecule has 4 atom stereocenters. The van der Waals surface area contributed by atoms with E-state index in [4.69, 9.17) is 5.73 Å². The summed E-state index contributed by atoms with van der Waals surface area (Å²) in [4.78, 5) is 0. The van der Waals surface area contributed by atoms with E-state index in [1.54, 1.807) is 6.92 Å². The maximum Gasteiger partial charge on any atom is 0.215 e. The highest BCUT2D eigenvalue weighted by Gasteiger charge is 2.33. The third kappa shape index (κ3) is 2.92. The van der Waals surface area contributed by atoms with Crippen LogP contribution in [0.5, 0.6) is 0 Å². The summed E-state index contributed by atoms with van der Waals surface area (Å²) in [5.41, 5.74) is 5.38. The molecule has 0 saturated heterocycles. The van der Waals surface area contributed by atoms with Gasteiger partial charge >= 0.3 is 0 Å². The number of nitrogens with one attached hydrogen (secondary N) is 1. The zero-order chi connectivity index (χ0) is 11.6. The van der Waals surface area contributed by atoms with E-state index < -0.39 is 15.3 Å². The lowest BCUT2D eigenvalue weighted by molar-refractivity contribution is 0.401. The molecule has 0 radical (unpaired) electrons. The minimum absolute atomic E-state index is 0.0963. The molecule has 1 aliphatic carbocycles. The Morgan fingerprint density at radius 3 is 2.40 bits per heavy atom. The van der Waals surface area contributed by atoms with Gasteiger partial charge in [-0.3, -0.25) is 0 Å². The first kappa shape index (κ1) is 12.9. The zero-order valence-corrected chi connectivity index (χ0v) is 10.5. The van der Waals surface area contributed by atoms with Gasteiger partial charge in [0.2, 0.25) is 10.0 Å². The van der Waals surface area contributed by atoms with Gasteiger partial charge in [-0.05, 0) is 31.6 Å². The standard InChI is InChI=1S/C10H22N2O2S/c1-7-4-5-10(9(7)3)12-15(13,14)8(2)6-11/h7-10,12H,4-6,11H2,1-3H3. The summed E-state index contributed by atoms with van der Waals surface area (Å²) in [6.45, 7) is 6.10. The van der Waals surface area contributed by atoms with Gasteiger partial charge < -0.3 is 5.73 Å². The molecule has 0 spiro atoms. The van der Waals surface area contributed by atoms with Crippen molar-refractivity contribution in [2.24, 2.45) is 17.6 Å². The quantitative estimate of drug-likeness (QED) is 0.751. The molecule has 90 valence electrons. The molecule has 0 amide bonds. The van der Waals surface area contributed by atoms with Crippen molar-refractivity contribution in [2.75, 3.05) is 6.54 Å². The predicted octanol–water partition coefficient (Wildman–Crippen LogP) is 0.688. The van der Waals surface area contributed by atoms with Crippen LogP contribution in [-0.2, 0) is 10.0 Å². The van der Waals surface area contributed by atoms with Gasteiger partial charge in [0.25, 0.3) is 0 Å². The zero-order valence-electron chi connectivity index (χ0n) is 9.73. The highest BCUT2D eigenvalue weighted by Crippen LogP contribution is 2.31. The largest absolute Gasteiger partial charge is 0.329 e. The molecule has 1 fully saturated rings. The molecule has 1 rings (SSSR count). The summed E-state index contributed by atoms with van der Waals surface area (Å²) in [6.07, 6.45) is 2.05. The second kappa shape index (κ2) is 4.80. The van der Waals surface area contributed by atoms with Gasteiger partial charge in [-0.15, -0.1) is 0 Å². The van der Waals surface area contributed by atoms with Crippen LogP contribution in [0.4, 0.5) is 0 Å². The Balaban J connectivity index is 2.63. The van der Waals surface area contributed by atoms with Crippen LogP contribution in [0.1, 0.15) is 33.6 Å². The molecule has 0 aromatic heterocycles. The summed E-state index contributed by atoms with van der Waals surface area (Å²) in [7, 11) is -3.23. The number of hydrogen-bond donors (Lipinski definition) is 2. The van der Waals surface area contributed by atoms with Crippen LogP contribution in [0, 0.1) is 11.8 Å². The van der Waals surface area contributed by atoms with E-state index in [2.05, 4.69) is 18.6 Å². The highest BCUT2D eigenvalue weighted by atomic mass is 32.2. The first-order valence-corrected chi connectivity index (χ1v) is 7.14. The lowest BCUT2D eigenvalue weighted by atomic mass is 9.98. The minimum Gasteiger partial charge on any atom is -0.329 e. The van der Waals surface area contributed by atoms with Crippen molar-refractivity contribution in [3.8, 4) is 0 Å². The third-order valence-corrected chi connectivity index (χ3v) is 5.53. The smallest absolute Gasteiger partial charge is 0.215 e. The van der Waals surface area contributed by atoms with Crippen LogP contribution in [0.25, 0.3) is 0 Å². The molecule has 3 N–H and O–H groups in total. The Hall–Kier alpha value is -0.130. The maximum absolute atomic E-state index is 11.8. The number of nitrogens with two attached hydrogens (primary N) is 1. The molecule has 0 heterocycles. The predicted molar refractivity (Wildman–Crippen MR) is 61.9 cm³/mol. The van der Waals surface area contributed by atoms with Crippen LogP contribution in [0.3, 0.4) is 0 Å². The van der Waals surface area contributed by atoms with Gasteiger partial charge in [0.05, 0.1) is 5.25 Å². The van der Waals surface area contributed by atoms with Crippen molar-refractivity contribution in [1.29, 1.82) is 0 Å². The Kier molecular flexibility index (Phi) is 4.14. The fourth-order valence-electron chi connectivity index (χ4n) is 1.98.